The summed E-state index contributed by atoms with van der Waals surface area (Å²) < 4.78 is 23.3. The molecule has 4 nitrogen and oxygen atoms in total. The summed E-state index contributed by atoms with van der Waals surface area (Å²) in [4.78, 5) is 14.3. The van der Waals surface area contributed by atoms with Crippen molar-refractivity contribution in [3.63, 3.8) is 0 Å². The van der Waals surface area contributed by atoms with E-state index in [-0.39, 0.29) is 10.8 Å². The molecule has 1 aliphatic rings. The molecule has 1 aromatic carbocycles. The summed E-state index contributed by atoms with van der Waals surface area (Å²) >= 11 is 0. The first-order valence-electron chi connectivity index (χ1n) is 7.19. The van der Waals surface area contributed by atoms with E-state index in [0.29, 0.717) is 23.5 Å². The van der Waals surface area contributed by atoms with Crippen molar-refractivity contribution in [3.8, 4) is 0 Å². The second kappa shape index (κ2) is 6.36. The molecule has 21 heavy (non-hydrogen) atoms. The van der Waals surface area contributed by atoms with Crippen molar-refractivity contribution in [2.75, 3.05) is 13.1 Å². The molecule has 1 fully saturated rings. The summed E-state index contributed by atoms with van der Waals surface area (Å²) in [6, 6.07) is 4.77. The Bertz CT molecular complexity index is 634. The number of carbonyl (C=O) groups is 1. The Hall–Kier alpha value is -1.07. The number of carbonyl (C=O) groups excluding carboxylic acids is 1. The smallest absolute Gasteiger partial charge is 0.261 e. The second-order valence-corrected chi connectivity index (χ2v) is 8.12. The molecule has 1 amide bonds. The van der Waals surface area contributed by atoms with Gasteiger partial charge >= 0.3 is 0 Å². The van der Waals surface area contributed by atoms with E-state index in [1.54, 1.807) is 17.0 Å². The lowest BCUT2D eigenvalue weighted by molar-refractivity contribution is 0.0697. The third-order valence-corrected chi connectivity index (χ3v) is 5.43. The Balaban J connectivity index is 2.30. The Labute approximate surface area is 130 Å². The molecule has 6 heteroatoms. The highest BCUT2D eigenvalue weighted by molar-refractivity contribution is 8.13. The van der Waals surface area contributed by atoms with Gasteiger partial charge in [0.15, 0.2) is 0 Å². The van der Waals surface area contributed by atoms with Gasteiger partial charge in [-0.2, -0.15) is 0 Å². The van der Waals surface area contributed by atoms with Gasteiger partial charge in [0.05, 0.1) is 4.90 Å². The average molecular weight is 330 g/mol. The van der Waals surface area contributed by atoms with Crippen molar-refractivity contribution in [1.82, 2.24) is 4.90 Å². The third kappa shape index (κ3) is 3.77. The van der Waals surface area contributed by atoms with Gasteiger partial charge in [0.2, 0.25) is 0 Å². The zero-order valence-electron chi connectivity index (χ0n) is 12.3. The van der Waals surface area contributed by atoms with Crippen LogP contribution in [-0.2, 0) is 15.5 Å². The molecule has 0 unspecified atom stereocenters. The predicted molar refractivity (Wildman–Crippen MR) is 83.2 cm³/mol. The van der Waals surface area contributed by atoms with Gasteiger partial charge in [-0.1, -0.05) is 19.9 Å². The van der Waals surface area contributed by atoms with Crippen LogP contribution >= 0.6 is 10.7 Å². The number of likely N-dealkylation sites (tertiary alicyclic amines) is 1. The topological polar surface area (TPSA) is 54.5 Å². The van der Waals surface area contributed by atoms with E-state index in [1.165, 1.54) is 6.07 Å². The molecule has 116 valence electrons. The van der Waals surface area contributed by atoms with Gasteiger partial charge in [-0.25, -0.2) is 8.42 Å². The molecule has 0 atom stereocenters. The highest BCUT2D eigenvalue weighted by Gasteiger charge is 2.23. The van der Waals surface area contributed by atoms with E-state index in [9.17, 15) is 13.2 Å². The maximum atomic E-state index is 12.5. The van der Waals surface area contributed by atoms with Crippen LogP contribution in [0.5, 0.6) is 0 Å². The minimum absolute atomic E-state index is 0.0443. The van der Waals surface area contributed by atoms with Gasteiger partial charge < -0.3 is 4.90 Å². The molecule has 1 saturated heterocycles. The molecule has 0 N–H and O–H groups in total. The average Bonchev–Trinajstić information content (AvgIpc) is 2.45. The highest BCUT2D eigenvalue weighted by atomic mass is 35.7. The summed E-state index contributed by atoms with van der Waals surface area (Å²) in [6.07, 6.45) is 2.52. The summed E-state index contributed by atoms with van der Waals surface area (Å²) in [6.45, 7) is 5.47. The molecule has 1 aromatic rings. The summed E-state index contributed by atoms with van der Waals surface area (Å²) in [7, 11) is 1.63. The molecule has 0 spiro atoms. The fourth-order valence-corrected chi connectivity index (χ4v) is 3.83. The molecule has 0 radical (unpaired) electrons. The van der Waals surface area contributed by atoms with E-state index >= 15 is 0 Å². The Morgan fingerprint density at radius 3 is 2.48 bits per heavy atom. The van der Waals surface area contributed by atoms with Crippen molar-refractivity contribution >= 4 is 25.6 Å². The van der Waals surface area contributed by atoms with Crippen LogP contribution in [0.1, 0.15) is 42.6 Å². The molecule has 0 saturated carbocycles. The Morgan fingerprint density at radius 1 is 1.33 bits per heavy atom. The molecule has 0 aliphatic carbocycles. The number of piperidine rings is 1. The summed E-state index contributed by atoms with van der Waals surface area (Å²) in [5.41, 5.74) is 1.02. The first-order valence-corrected chi connectivity index (χ1v) is 9.50. The Morgan fingerprint density at radius 2 is 1.95 bits per heavy atom. The summed E-state index contributed by atoms with van der Waals surface area (Å²) in [5.74, 6) is 0.515. The lowest BCUT2D eigenvalue weighted by atomic mass is 9.98. The standard InChI is InChI=1S/C15H20ClNO3S/c1-3-12-4-5-13(10-14(12)21(16,19)20)15(18)17-8-6-11(2)7-9-17/h4-5,10-11H,3,6-9H2,1-2H3. The van der Waals surface area contributed by atoms with E-state index in [4.69, 9.17) is 10.7 Å². The zero-order valence-corrected chi connectivity index (χ0v) is 13.9. The van der Waals surface area contributed by atoms with Crippen molar-refractivity contribution < 1.29 is 13.2 Å². The third-order valence-electron chi connectivity index (χ3n) is 4.03. The van der Waals surface area contributed by atoms with Crippen molar-refractivity contribution in [2.24, 2.45) is 5.92 Å². The first kappa shape index (κ1) is 16.3. The van der Waals surface area contributed by atoms with Crippen LogP contribution in [0.2, 0.25) is 0 Å². The van der Waals surface area contributed by atoms with Gasteiger partial charge in [0, 0.05) is 29.3 Å². The number of hydrogen-bond donors (Lipinski definition) is 0. The number of benzene rings is 1. The van der Waals surface area contributed by atoms with Gasteiger partial charge in [-0.05, 0) is 42.9 Å². The molecule has 0 aromatic heterocycles. The van der Waals surface area contributed by atoms with Gasteiger partial charge in [0.1, 0.15) is 0 Å². The number of aryl methyl sites for hydroxylation is 1. The van der Waals surface area contributed by atoms with E-state index < -0.39 is 9.05 Å². The number of hydrogen-bond acceptors (Lipinski definition) is 3. The molecule has 1 aliphatic heterocycles. The van der Waals surface area contributed by atoms with E-state index in [2.05, 4.69) is 6.92 Å². The lowest BCUT2D eigenvalue weighted by Crippen LogP contribution is -2.37. The maximum Gasteiger partial charge on any atom is 0.261 e. The number of rotatable bonds is 3. The fraction of sp³-hybridized carbons (Fsp3) is 0.533. The minimum Gasteiger partial charge on any atom is -0.339 e. The number of nitrogens with zero attached hydrogens (tertiary/aromatic N) is 1. The van der Waals surface area contributed by atoms with Crippen LogP contribution in [0.15, 0.2) is 23.1 Å². The predicted octanol–water partition coefficient (Wildman–Crippen LogP) is 3.05. The minimum atomic E-state index is -3.84. The maximum absolute atomic E-state index is 12.5. The molecule has 0 bridgehead atoms. The fourth-order valence-electron chi connectivity index (χ4n) is 2.60. The first-order chi connectivity index (χ1) is 9.82. The Kier molecular flexibility index (Phi) is 4.94. The molecule has 1 heterocycles. The number of halogens is 1. The van der Waals surface area contributed by atoms with Crippen LogP contribution in [0.25, 0.3) is 0 Å². The van der Waals surface area contributed by atoms with Crippen LogP contribution in [0.3, 0.4) is 0 Å². The van der Waals surface area contributed by atoms with Crippen LogP contribution in [-0.4, -0.2) is 32.3 Å². The normalized spacial score (nSPS) is 17.0. The molecular formula is C15H20ClNO3S. The monoisotopic (exact) mass is 329 g/mol. The van der Waals surface area contributed by atoms with Gasteiger partial charge in [-0.3, -0.25) is 4.79 Å². The van der Waals surface area contributed by atoms with Gasteiger partial charge in [-0.15, -0.1) is 0 Å². The molecule has 2 rings (SSSR count). The largest absolute Gasteiger partial charge is 0.339 e. The van der Waals surface area contributed by atoms with Gasteiger partial charge in [0.25, 0.3) is 15.0 Å². The van der Waals surface area contributed by atoms with Crippen LogP contribution < -0.4 is 0 Å². The zero-order chi connectivity index (χ0) is 15.6. The summed E-state index contributed by atoms with van der Waals surface area (Å²) in [5, 5.41) is 0. The van der Waals surface area contributed by atoms with Crippen molar-refractivity contribution in [1.29, 1.82) is 0 Å². The molecular weight excluding hydrogens is 310 g/mol. The van der Waals surface area contributed by atoms with Crippen molar-refractivity contribution in [3.05, 3.63) is 29.3 Å². The highest BCUT2D eigenvalue weighted by Crippen LogP contribution is 2.24. The van der Waals surface area contributed by atoms with Crippen molar-refractivity contribution in [2.45, 2.75) is 38.0 Å². The van der Waals surface area contributed by atoms with E-state index in [1.807, 2.05) is 6.92 Å². The quantitative estimate of drug-likeness (QED) is 0.801. The van der Waals surface area contributed by atoms with Crippen LogP contribution in [0.4, 0.5) is 0 Å². The second-order valence-electron chi connectivity index (χ2n) is 5.59. The lowest BCUT2D eigenvalue weighted by Gasteiger charge is -2.30. The van der Waals surface area contributed by atoms with Crippen LogP contribution in [0, 0.1) is 5.92 Å². The number of amides is 1. The van der Waals surface area contributed by atoms with E-state index in [0.717, 1.165) is 25.9 Å². The SMILES string of the molecule is CCc1ccc(C(=O)N2CCC(C)CC2)cc1S(=O)(=O)Cl.